The van der Waals surface area contributed by atoms with Crippen molar-refractivity contribution >= 4 is 32.5 Å². The lowest BCUT2D eigenvalue weighted by Gasteiger charge is -2.07. The van der Waals surface area contributed by atoms with Gasteiger partial charge in [-0.25, -0.2) is 18.1 Å². The quantitative estimate of drug-likeness (QED) is 0.515. The summed E-state index contributed by atoms with van der Waals surface area (Å²) in [6.45, 7) is 2.19. The highest BCUT2D eigenvalue weighted by atomic mass is 32.2. The topological polar surface area (TPSA) is 93.9 Å². The van der Waals surface area contributed by atoms with Gasteiger partial charge in [-0.05, 0) is 35.9 Å². The molecule has 1 amide bonds. The van der Waals surface area contributed by atoms with Gasteiger partial charge in [0.1, 0.15) is 0 Å². The van der Waals surface area contributed by atoms with Crippen molar-refractivity contribution in [3.05, 3.63) is 84.2 Å². The van der Waals surface area contributed by atoms with Crippen molar-refractivity contribution in [2.24, 2.45) is 0 Å². The van der Waals surface area contributed by atoms with E-state index in [0.717, 1.165) is 10.9 Å². The number of rotatable bonds is 6. The highest BCUT2D eigenvalue weighted by Gasteiger charge is 2.13. The van der Waals surface area contributed by atoms with Gasteiger partial charge in [0.05, 0.1) is 29.0 Å². The van der Waals surface area contributed by atoms with E-state index in [2.05, 4.69) is 15.4 Å². The van der Waals surface area contributed by atoms with Crippen molar-refractivity contribution in [3.8, 4) is 0 Å². The maximum Gasteiger partial charge on any atom is 0.257 e. The number of amides is 1. The van der Waals surface area contributed by atoms with Gasteiger partial charge in [0.2, 0.25) is 0 Å². The Hall–Kier alpha value is -3.52. The van der Waals surface area contributed by atoms with Gasteiger partial charge in [-0.2, -0.15) is 5.10 Å². The van der Waals surface area contributed by atoms with Crippen LogP contribution >= 0.6 is 0 Å². The minimum absolute atomic E-state index is 0.0301. The molecule has 30 heavy (non-hydrogen) atoms. The second-order valence-electron chi connectivity index (χ2n) is 6.81. The van der Waals surface area contributed by atoms with Crippen LogP contribution in [-0.4, -0.2) is 34.8 Å². The number of carbonyl (C=O) groups excluding carboxylic acids is 1. The molecule has 0 aliphatic rings. The zero-order chi connectivity index (χ0) is 21.1. The molecule has 2 aromatic carbocycles. The lowest BCUT2D eigenvalue weighted by atomic mass is 10.2. The Morgan fingerprint density at radius 2 is 1.77 bits per heavy atom. The number of benzene rings is 2. The van der Waals surface area contributed by atoms with E-state index in [-0.39, 0.29) is 16.6 Å². The molecule has 2 heterocycles. The van der Waals surface area contributed by atoms with Gasteiger partial charge in [0.25, 0.3) is 5.91 Å². The molecule has 1 N–H and O–H groups in total. The van der Waals surface area contributed by atoms with Crippen LogP contribution in [0, 0.1) is 0 Å². The molecule has 0 bridgehead atoms. The summed E-state index contributed by atoms with van der Waals surface area (Å²) in [5, 5.41) is 7.91. The van der Waals surface area contributed by atoms with E-state index in [1.54, 1.807) is 36.0 Å². The Bertz CT molecular complexity index is 1300. The summed E-state index contributed by atoms with van der Waals surface area (Å²) >= 11 is 0. The standard InChI is InChI=1S/C22H20N4O3S/c1-2-30(28,29)20-10-8-19(9-11-20)25-22(27)18-12-17-14-24-26(21(17)23-13-18)15-16-6-4-3-5-7-16/h3-14H,2,15H2,1H3,(H,25,27). The molecule has 0 saturated heterocycles. The van der Waals surface area contributed by atoms with Gasteiger partial charge in [-0.15, -0.1) is 0 Å². The van der Waals surface area contributed by atoms with Gasteiger partial charge in [-0.3, -0.25) is 4.79 Å². The molecule has 152 valence electrons. The van der Waals surface area contributed by atoms with Crippen molar-refractivity contribution in [3.63, 3.8) is 0 Å². The molecule has 0 fully saturated rings. The smallest absolute Gasteiger partial charge is 0.257 e. The van der Waals surface area contributed by atoms with Crippen LogP contribution in [0.15, 0.2) is 78.0 Å². The fraction of sp³-hybridized carbons (Fsp3) is 0.136. The number of fused-ring (bicyclic) bond motifs is 1. The van der Waals surface area contributed by atoms with Gasteiger partial charge in [-0.1, -0.05) is 37.3 Å². The Kier molecular flexibility index (Phi) is 5.33. The van der Waals surface area contributed by atoms with Crippen molar-refractivity contribution in [1.82, 2.24) is 14.8 Å². The first-order valence-corrected chi connectivity index (χ1v) is 11.1. The molecular weight excluding hydrogens is 400 g/mol. The van der Waals surface area contributed by atoms with Crippen molar-refractivity contribution < 1.29 is 13.2 Å². The molecule has 0 radical (unpaired) electrons. The number of nitrogens with zero attached hydrogens (tertiary/aromatic N) is 3. The molecule has 0 saturated carbocycles. The minimum atomic E-state index is -3.27. The van der Waals surface area contributed by atoms with E-state index in [1.807, 2.05) is 30.3 Å². The SMILES string of the molecule is CCS(=O)(=O)c1ccc(NC(=O)c2cnc3c(cnn3Cc3ccccc3)c2)cc1. The first-order chi connectivity index (χ1) is 14.5. The summed E-state index contributed by atoms with van der Waals surface area (Å²) in [7, 11) is -3.27. The number of hydrogen-bond acceptors (Lipinski definition) is 5. The second kappa shape index (κ2) is 8.08. The summed E-state index contributed by atoms with van der Waals surface area (Å²) in [6, 6.07) is 17.8. The molecule has 4 rings (SSSR count). The molecule has 7 nitrogen and oxygen atoms in total. The minimum Gasteiger partial charge on any atom is -0.322 e. The van der Waals surface area contributed by atoms with Gasteiger partial charge >= 0.3 is 0 Å². The number of carbonyl (C=O) groups is 1. The first-order valence-electron chi connectivity index (χ1n) is 9.46. The van der Waals surface area contributed by atoms with Crippen LogP contribution in [0.25, 0.3) is 11.0 Å². The largest absolute Gasteiger partial charge is 0.322 e. The summed E-state index contributed by atoms with van der Waals surface area (Å²) in [5.41, 5.74) is 2.71. The lowest BCUT2D eigenvalue weighted by molar-refractivity contribution is 0.102. The normalized spacial score (nSPS) is 11.5. The molecule has 4 aromatic rings. The Morgan fingerprint density at radius 1 is 1.03 bits per heavy atom. The fourth-order valence-electron chi connectivity index (χ4n) is 3.08. The first kappa shape index (κ1) is 19.8. The summed E-state index contributed by atoms with van der Waals surface area (Å²) in [5.74, 6) is -0.297. The average Bonchev–Trinajstić information content (AvgIpc) is 3.17. The predicted octanol–water partition coefficient (Wildman–Crippen LogP) is 3.53. The van der Waals surface area contributed by atoms with Crippen molar-refractivity contribution in [2.75, 3.05) is 11.1 Å². The summed E-state index contributed by atoms with van der Waals surface area (Å²) in [4.78, 5) is 17.2. The van der Waals surface area contributed by atoms with Crippen LogP contribution in [0.3, 0.4) is 0 Å². The number of sulfone groups is 1. The third kappa shape index (κ3) is 4.08. The molecular formula is C22H20N4O3S. The average molecular weight is 420 g/mol. The van der Waals surface area contributed by atoms with Crippen LogP contribution < -0.4 is 5.32 Å². The third-order valence-corrected chi connectivity index (χ3v) is 6.51. The molecule has 0 aliphatic carbocycles. The lowest BCUT2D eigenvalue weighted by Crippen LogP contribution is -2.12. The summed E-state index contributed by atoms with van der Waals surface area (Å²) in [6.07, 6.45) is 3.20. The van der Waals surface area contributed by atoms with Crippen LogP contribution in [0.5, 0.6) is 0 Å². The van der Waals surface area contributed by atoms with Crippen molar-refractivity contribution in [1.29, 1.82) is 0 Å². The number of nitrogens with one attached hydrogen (secondary N) is 1. The second-order valence-corrected chi connectivity index (χ2v) is 9.08. The molecule has 2 aromatic heterocycles. The zero-order valence-electron chi connectivity index (χ0n) is 16.3. The number of aromatic nitrogens is 3. The van der Waals surface area contributed by atoms with Gasteiger partial charge < -0.3 is 5.32 Å². The highest BCUT2D eigenvalue weighted by Crippen LogP contribution is 2.18. The van der Waals surface area contributed by atoms with E-state index >= 15 is 0 Å². The molecule has 8 heteroatoms. The van der Waals surface area contributed by atoms with Crippen molar-refractivity contribution in [2.45, 2.75) is 18.4 Å². The maximum atomic E-state index is 12.6. The number of hydrogen-bond donors (Lipinski definition) is 1. The predicted molar refractivity (Wildman–Crippen MR) is 115 cm³/mol. The van der Waals surface area contributed by atoms with E-state index in [9.17, 15) is 13.2 Å². The van der Waals surface area contributed by atoms with E-state index in [0.29, 0.717) is 23.4 Å². The van der Waals surface area contributed by atoms with Crippen LogP contribution in [-0.2, 0) is 16.4 Å². The van der Waals surface area contributed by atoms with Crippen LogP contribution in [0.4, 0.5) is 5.69 Å². The monoisotopic (exact) mass is 420 g/mol. The van der Waals surface area contributed by atoms with E-state index in [4.69, 9.17) is 0 Å². The molecule has 0 aliphatic heterocycles. The van der Waals surface area contributed by atoms with Crippen LogP contribution in [0.1, 0.15) is 22.8 Å². The third-order valence-electron chi connectivity index (χ3n) is 4.76. The highest BCUT2D eigenvalue weighted by molar-refractivity contribution is 7.91. The summed E-state index contributed by atoms with van der Waals surface area (Å²) < 4.78 is 25.6. The van der Waals surface area contributed by atoms with Gasteiger partial charge in [0, 0.05) is 17.3 Å². The van der Waals surface area contributed by atoms with E-state index in [1.165, 1.54) is 18.3 Å². The van der Waals surface area contributed by atoms with E-state index < -0.39 is 9.84 Å². The Labute approximate surface area is 174 Å². The zero-order valence-corrected chi connectivity index (χ0v) is 17.1. The number of anilines is 1. The molecule has 0 spiro atoms. The fourth-order valence-corrected chi connectivity index (χ4v) is 3.97. The molecule has 0 atom stereocenters. The molecule has 0 unspecified atom stereocenters. The maximum absolute atomic E-state index is 12.6. The Balaban J connectivity index is 1.51. The van der Waals surface area contributed by atoms with Crippen LogP contribution in [0.2, 0.25) is 0 Å². The van der Waals surface area contributed by atoms with Gasteiger partial charge in [0.15, 0.2) is 15.5 Å². The number of pyridine rings is 1. The Morgan fingerprint density at radius 3 is 2.47 bits per heavy atom.